The SMILES string of the molecule is Cc1nccn1-c1cnc(N)nc1-c1ccc(Cl)cc1Cl. The van der Waals surface area contributed by atoms with Crippen molar-refractivity contribution < 1.29 is 0 Å². The number of nitrogen functional groups attached to an aromatic ring is 1. The van der Waals surface area contributed by atoms with E-state index in [1.165, 1.54) is 0 Å². The standard InChI is InChI=1S/C14H11Cl2N5/c1-8-18-4-5-21(8)12-7-19-14(17)20-13(12)10-3-2-9(15)6-11(10)16/h2-7H,1H3,(H2,17,19,20). The monoisotopic (exact) mass is 319 g/mol. The first kappa shape index (κ1) is 13.9. The number of anilines is 1. The number of halogens is 2. The summed E-state index contributed by atoms with van der Waals surface area (Å²) in [6, 6.07) is 5.23. The summed E-state index contributed by atoms with van der Waals surface area (Å²) in [7, 11) is 0. The third-order valence-corrected chi connectivity index (χ3v) is 3.61. The van der Waals surface area contributed by atoms with Crippen molar-refractivity contribution in [2.24, 2.45) is 0 Å². The Bertz CT molecular complexity index is 813. The minimum atomic E-state index is 0.178. The minimum absolute atomic E-state index is 0.178. The highest BCUT2D eigenvalue weighted by atomic mass is 35.5. The quantitative estimate of drug-likeness (QED) is 0.784. The first-order chi connectivity index (χ1) is 10.1. The predicted octanol–water partition coefficient (Wildman–Crippen LogP) is 3.53. The molecule has 0 radical (unpaired) electrons. The van der Waals surface area contributed by atoms with Crippen LogP contribution in [0.25, 0.3) is 16.9 Å². The van der Waals surface area contributed by atoms with E-state index < -0.39 is 0 Å². The first-order valence-electron chi connectivity index (χ1n) is 6.14. The molecule has 2 heterocycles. The summed E-state index contributed by atoms with van der Waals surface area (Å²) >= 11 is 12.2. The lowest BCUT2D eigenvalue weighted by atomic mass is 10.1. The molecule has 2 aromatic heterocycles. The summed E-state index contributed by atoms with van der Waals surface area (Å²) in [6.07, 6.45) is 5.19. The molecular formula is C14H11Cl2N5. The number of aromatic nitrogens is 4. The molecule has 5 nitrogen and oxygen atoms in total. The number of imidazole rings is 1. The lowest BCUT2D eigenvalue weighted by Gasteiger charge is -2.12. The molecule has 0 saturated carbocycles. The highest BCUT2D eigenvalue weighted by molar-refractivity contribution is 6.36. The lowest BCUT2D eigenvalue weighted by molar-refractivity contribution is 0.954. The van der Waals surface area contributed by atoms with Crippen LogP contribution in [0.5, 0.6) is 0 Å². The Balaban J connectivity index is 2.27. The van der Waals surface area contributed by atoms with Gasteiger partial charge in [0.15, 0.2) is 0 Å². The van der Waals surface area contributed by atoms with E-state index in [9.17, 15) is 0 Å². The molecule has 0 aliphatic heterocycles. The van der Waals surface area contributed by atoms with Gasteiger partial charge in [-0.05, 0) is 25.1 Å². The maximum absolute atomic E-state index is 6.28. The summed E-state index contributed by atoms with van der Waals surface area (Å²) in [5.74, 6) is 0.993. The van der Waals surface area contributed by atoms with Crippen LogP contribution in [0.1, 0.15) is 5.82 Å². The summed E-state index contributed by atoms with van der Waals surface area (Å²) in [4.78, 5) is 12.6. The van der Waals surface area contributed by atoms with Crippen LogP contribution in [0.2, 0.25) is 10.0 Å². The maximum Gasteiger partial charge on any atom is 0.220 e. The molecule has 0 bridgehead atoms. The van der Waals surface area contributed by atoms with E-state index in [4.69, 9.17) is 28.9 Å². The summed E-state index contributed by atoms with van der Waals surface area (Å²) in [6.45, 7) is 1.89. The van der Waals surface area contributed by atoms with E-state index in [0.29, 0.717) is 15.7 Å². The third-order valence-electron chi connectivity index (χ3n) is 3.06. The van der Waals surface area contributed by atoms with Crippen molar-refractivity contribution in [2.45, 2.75) is 6.92 Å². The van der Waals surface area contributed by atoms with Crippen molar-refractivity contribution in [3.63, 3.8) is 0 Å². The number of benzene rings is 1. The molecule has 0 fully saturated rings. The molecular weight excluding hydrogens is 309 g/mol. The van der Waals surface area contributed by atoms with Gasteiger partial charge in [-0.15, -0.1) is 0 Å². The Morgan fingerprint density at radius 2 is 2.00 bits per heavy atom. The maximum atomic E-state index is 6.28. The molecule has 0 amide bonds. The van der Waals surface area contributed by atoms with Crippen LogP contribution in [0.3, 0.4) is 0 Å². The van der Waals surface area contributed by atoms with Crippen LogP contribution < -0.4 is 5.73 Å². The molecule has 0 aliphatic rings. The second-order valence-corrected chi connectivity index (χ2v) is 5.27. The molecule has 0 saturated heterocycles. The second kappa shape index (κ2) is 5.35. The molecule has 3 rings (SSSR count). The molecule has 1 aromatic carbocycles. The Morgan fingerprint density at radius 1 is 1.19 bits per heavy atom. The highest BCUT2D eigenvalue weighted by Gasteiger charge is 2.15. The van der Waals surface area contributed by atoms with E-state index in [-0.39, 0.29) is 5.95 Å². The molecule has 0 atom stereocenters. The lowest BCUT2D eigenvalue weighted by Crippen LogP contribution is -2.04. The van der Waals surface area contributed by atoms with E-state index >= 15 is 0 Å². The van der Waals surface area contributed by atoms with E-state index in [1.54, 1.807) is 24.5 Å². The zero-order valence-electron chi connectivity index (χ0n) is 11.1. The normalized spacial score (nSPS) is 10.8. The molecule has 0 spiro atoms. The number of aryl methyl sites for hydroxylation is 1. The van der Waals surface area contributed by atoms with Gasteiger partial charge >= 0.3 is 0 Å². The Hall–Kier alpha value is -2.11. The number of hydrogen-bond acceptors (Lipinski definition) is 4. The zero-order valence-corrected chi connectivity index (χ0v) is 12.6. The van der Waals surface area contributed by atoms with Crippen LogP contribution >= 0.6 is 23.2 Å². The van der Waals surface area contributed by atoms with Gasteiger partial charge in [0, 0.05) is 23.0 Å². The van der Waals surface area contributed by atoms with Crippen LogP contribution in [0, 0.1) is 6.92 Å². The Labute approximate surface area is 131 Å². The van der Waals surface area contributed by atoms with Gasteiger partial charge < -0.3 is 10.3 Å². The molecule has 0 unspecified atom stereocenters. The third kappa shape index (κ3) is 2.57. The van der Waals surface area contributed by atoms with Gasteiger partial charge in [-0.1, -0.05) is 23.2 Å². The first-order valence-corrected chi connectivity index (χ1v) is 6.90. The average molecular weight is 320 g/mol. The Morgan fingerprint density at radius 3 is 2.67 bits per heavy atom. The Kier molecular flexibility index (Phi) is 3.53. The van der Waals surface area contributed by atoms with Crippen LogP contribution in [0.15, 0.2) is 36.8 Å². The van der Waals surface area contributed by atoms with Crippen molar-refractivity contribution in [1.29, 1.82) is 0 Å². The fraction of sp³-hybridized carbons (Fsp3) is 0.0714. The predicted molar refractivity (Wildman–Crippen MR) is 83.8 cm³/mol. The van der Waals surface area contributed by atoms with Crippen LogP contribution in [-0.4, -0.2) is 19.5 Å². The number of nitrogens with two attached hydrogens (primary N) is 1. The van der Waals surface area contributed by atoms with Crippen molar-refractivity contribution in [2.75, 3.05) is 5.73 Å². The van der Waals surface area contributed by atoms with E-state index in [2.05, 4.69) is 15.0 Å². The second-order valence-electron chi connectivity index (χ2n) is 4.43. The van der Waals surface area contributed by atoms with Crippen LogP contribution in [-0.2, 0) is 0 Å². The van der Waals surface area contributed by atoms with E-state index in [1.807, 2.05) is 23.8 Å². The van der Waals surface area contributed by atoms with Crippen molar-refractivity contribution >= 4 is 29.2 Å². The van der Waals surface area contributed by atoms with Gasteiger partial charge in [0.05, 0.1) is 16.9 Å². The molecule has 3 aromatic rings. The van der Waals surface area contributed by atoms with Crippen molar-refractivity contribution in [3.05, 3.63) is 52.7 Å². The van der Waals surface area contributed by atoms with Crippen LogP contribution in [0.4, 0.5) is 5.95 Å². The van der Waals surface area contributed by atoms with Gasteiger partial charge in [-0.25, -0.2) is 15.0 Å². The highest BCUT2D eigenvalue weighted by Crippen LogP contribution is 2.33. The van der Waals surface area contributed by atoms with Gasteiger partial charge in [-0.2, -0.15) is 0 Å². The summed E-state index contributed by atoms with van der Waals surface area (Å²) in [5.41, 5.74) is 7.84. The van der Waals surface area contributed by atoms with Gasteiger partial charge in [-0.3, -0.25) is 0 Å². The fourth-order valence-electron chi connectivity index (χ4n) is 2.08. The molecule has 106 valence electrons. The van der Waals surface area contributed by atoms with Gasteiger partial charge in [0.2, 0.25) is 5.95 Å². The molecule has 7 heteroatoms. The van der Waals surface area contributed by atoms with Crippen molar-refractivity contribution in [1.82, 2.24) is 19.5 Å². The molecule has 0 aliphatic carbocycles. The number of nitrogens with zero attached hydrogens (tertiary/aromatic N) is 4. The zero-order chi connectivity index (χ0) is 15.0. The van der Waals surface area contributed by atoms with Gasteiger partial charge in [0.1, 0.15) is 11.5 Å². The summed E-state index contributed by atoms with van der Waals surface area (Å²) in [5, 5.41) is 1.06. The fourth-order valence-corrected chi connectivity index (χ4v) is 2.58. The van der Waals surface area contributed by atoms with Crippen molar-refractivity contribution in [3.8, 4) is 16.9 Å². The molecule has 2 N–H and O–H groups in total. The number of rotatable bonds is 2. The minimum Gasteiger partial charge on any atom is -0.368 e. The van der Waals surface area contributed by atoms with E-state index in [0.717, 1.165) is 17.1 Å². The topological polar surface area (TPSA) is 69.6 Å². The number of hydrogen-bond donors (Lipinski definition) is 1. The smallest absolute Gasteiger partial charge is 0.220 e. The van der Waals surface area contributed by atoms with Gasteiger partial charge in [0.25, 0.3) is 0 Å². The summed E-state index contributed by atoms with van der Waals surface area (Å²) < 4.78 is 1.87. The largest absolute Gasteiger partial charge is 0.368 e. The average Bonchev–Trinajstić information content (AvgIpc) is 2.85. The molecule has 21 heavy (non-hydrogen) atoms.